The average molecular weight is 733 g/mol. The number of nitrogens with zero attached hydrogens (tertiary/aromatic N) is 4. The van der Waals surface area contributed by atoms with Crippen LogP contribution < -0.4 is 0 Å². The van der Waals surface area contributed by atoms with Crippen LogP contribution in [0.5, 0.6) is 0 Å². The van der Waals surface area contributed by atoms with Crippen molar-refractivity contribution in [3.8, 4) is 56.4 Å². The van der Waals surface area contributed by atoms with Gasteiger partial charge in [0.2, 0.25) is 0 Å². The maximum absolute atomic E-state index is 6.76. The molecule has 266 valence electrons. The van der Waals surface area contributed by atoms with Crippen LogP contribution in [-0.2, 0) is 0 Å². The van der Waals surface area contributed by atoms with Crippen LogP contribution in [0.4, 0.5) is 0 Å². The molecule has 0 amide bonds. The van der Waals surface area contributed by atoms with E-state index in [-0.39, 0.29) is 0 Å². The molecule has 0 radical (unpaired) electrons. The number of hydrogen-bond acceptors (Lipinski definition) is 7. The van der Waals surface area contributed by atoms with Crippen molar-refractivity contribution in [2.24, 2.45) is 0 Å². The van der Waals surface area contributed by atoms with E-state index in [0.717, 1.165) is 99.2 Å². The lowest BCUT2D eigenvalue weighted by Crippen LogP contribution is -2.00. The quantitative estimate of drug-likeness (QED) is 0.174. The van der Waals surface area contributed by atoms with Crippen LogP contribution in [0.1, 0.15) is 0 Å². The van der Waals surface area contributed by atoms with E-state index < -0.39 is 0 Å². The first kappa shape index (κ1) is 31.5. The van der Waals surface area contributed by atoms with Gasteiger partial charge in [-0.3, -0.25) is 4.98 Å². The summed E-state index contributed by atoms with van der Waals surface area (Å²) in [5, 5.41) is 6.24. The molecule has 7 aromatic carbocycles. The van der Waals surface area contributed by atoms with Gasteiger partial charge < -0.3 is 13.3 Å². The molecule has 0 saturated heterocycles. The zero-order valence-electron chi connectivity index (χ0n) is 30.2. The van der Waals surface area contributed by atoms with Crippen LogP contribution in [0, 0.1) is 0 Å². The van der Waals surface area contributed by atoms with Crippen molar-refractivity contribution in [3.63, 3.8) is 0 Å². The Balaban J connectivity index is 1.09. The monoisotopic (exact) mass is 732 g/mol. The Morgan fingerprint density at radius 3 is 1.72 bits per heavy atom. The minimum absolute atomic E-state index is 0.498. The molecule has 0 N–H and O–H groups in total. The molecule has 12 aromatic rings. The van der Waals surface area contributed by atoms with E-state index >= 15 is 0 Å². The lowest BCUT2D eigenvalue weighted by Gasteiger charge is -2.11. The standard InChI is InChI=1S/C50H28N4O3/c1-4-15-41-35(12-1)37-20-18-32(27-45(37)56-41)49-52-48(31-10-7-9-29(25-31)33-11-8-24-51-28-33)53-50(54-49)39-22-21-34(46-38-14-3-6-17-43(38)57-47(39)46)30-19-23-44-40(26-30)36-13-2-5-16-42(36)55-44/h1-28H. The smallest absolute Gasteiger partial charge is 0.167 e. The summed E-state index contributed by atoms with van der Waals surface area (Å²) in [6.45, 7) is 0. The Kier molecular flexibility index (Phi) is 6.79. The molecule has 7 nitrogen and oxygen atoms in total. The summed E-state index contributed by atoms with van der Waals surface area (Å²) in [4.78, 5) is 19.8. The van der Waals surface area contributed by atoms with E-state index in [2.05, 4.69) is 77.8 Å². The normalized spacial score (nSPS) is 11.9. The second-order valence-electron chi connectivity index (χ2n) is 14.2. The molecule has 5 heterocycles. The second kappa shape index (κ2) is 12.3. The zero-order valence-corrected chi connectivity index (χ0v) is 30.2. The summed E-state index contributed by atoms with van der Waals surface area (Å²) in [7, 11) is 0. The fraction of sp³-hybridized carbons (Fsp3) is 0. The lowest BCUT2D eigenvalue weighted by molar-refractivity contribution is 0.668. The van der Waals surface area contributed by atoms with Gasteiger partial charge >= 0.3 is 0 Å². The third kappa shape index (κ3) is 5.06. The van der Waals surface area contributed by atoms with E-state index in [4.69, 9.17) is 28.2 Å². The minimum Gasteiger partial charge on any atom is -0.456 e. The van der Waals surface area contributed by atoms with Gasteiger partial charge in [-0.1, -0.05) is 97.1 Å². The van der Waals surface area contributed by atoms with Crippen LogP contribution >= 0.6 is 0 Å². The molecule has 0 saturated carbocycles. The Labute approximate surface area is 324 Å². The number of rotatable bonds is 5. The van der Waals surface area contributed by atoms with Gasteiger partial charge in [0.15, 0.2) is 17.5 Å². The molecular weight excluding hydrogens is 705 g/mol. The van der Waals surface area contributed by atoms with Gasteiger partial charge in [0.1, 0.15) is 33.5 Å². The van der Waals surface area contributed by atoms with Crippen molar-refractivity contribution >= 4 is 65.8 Å². The molecule has 0 atom stereocenters. The van der Waals surface area contributed by atoms with Crippen LogP contribution in [0.25, 0.3) is 122 Å². The Bertz CT molecular complexity index is 3540. The number of fused-ring (bicyclic) bond motifs is 9. The summed E-state index contributed by atoms with van der Waals surface area (Å²) in [5.41, 5.74) is 11.3. The van der Waals surface area contributed by atoms with Gasteiger partial charge in [-0.05, 0) is 77.4 Å². The maximum Gasteiger partial charge on any atom is 0.167 e. The van der Waals surface area contributed by atoms with Crippen molar-refractivity contribution < 1.29 is 13.3 Å². The number of hydrogen-bond donors (Lipinski definition) is 0. The first-order valence-electron chi connectivity index (χ1n) is 18.8. The lowest BCUT2D eigenvalue weighted by atomic mass is 9.95. The van der Waals surface area contributed by atoms with Gasteiger partial charge in [0.25, 0.3) is 0 Å². The molecule has 12 rings (SSSR count). The van der Waals surface area contributed by atoms with Crippen molar-refractivity contribution in [1.29, 1.82) is 0 Å². The highest BCUT2D eigenvalue weighted by molar-refractivity contribution is 6.17. The average Bonchev–Trinajstić information content (AvgIpc) is 3.97. The molecule has 57 heavy (non-hydrogen) atoms. The number of pyridine rings is 1. The molecule has 0 fully saturated rings. The second-order valence-corrected chi connectivity index (χ2v) is 14.2. The Morgan fingerprint density at radius 2 is 0.930 bits per heavy atom. The number of aromatic nitrogens is 4. The summed E-state index contributed by atoms with van der Waals surface area (Å²) < 4.78 is 19.2. The molecule has 0 bridgehead atoms. The third-order valence-corrected chi connectivity index (χ3v) is 10.8. The summed E-state index contributed by atoms with van der Waals surface area (Å²) in [6, 6.07) is 53.3. The largest absolute Gasteiger partial charge is 0.456 e. The van der Waals surface area contributed by atoms with Crippen molar-refractivity contribution in [3.05, 3.63) is 170 Å². The summed E-state index contributed by atoms with van der Waals surface area (Å²) >= 11 is 0. The first-order chi connectivity index (χ1) is 28.2. The molecule has 0 unspecified atom stereocenters. The van der Waals surface area contributed by atoms with E-state index in [0.29, 0.717) is 23.1 Å². The molecule has 5 aromatic heterocycles. The highest BCUT2D eigenvalue weighted by Gasteiger charge is 2.22. The number of para-hydroxylation sites is 3. The topological polar surface area (TPSA) is 91.0 Å². The van der Waals surface area contributed by atoms with Gasteiger partial charge in [-0.25, -0.2) is 15.0 Å². The van der Waals surface area contributed by atoms with Crippen molar-refractivity contribution in [2.45, 2.75) is 0 Å². The van der Waals surface area contributed by atoms with Gasteiger partial charge in [0, 0.05) is 61.4 Å². The molecule has 7 heteroatoms. The third-order valence-electron chi connectivity index (χ3n) is 10.8. The molecule has 0 spiro atoms. The van der Waals surface area contributed by atoms with Crippen LogP contribution in [0.15, 0.2) is 183 Å². The number of benzene rings is 7. The number of furan rings is 3. The predicted octanol–water partition coefficient (Wildman–Crippen LogP) is 13.3. The van der Waals surface area contributed by atoms with Crippen LogP contribution in [-0.4, -0.2) is 19.9 Å². The van der Waals surface area contributed by atoms with Crippen LogP contribution in [0.2, 0.25) is 0 Å². The molecule has 0 aliphatic carbocycles. The fourth-order valence-electron chi connectivity index (χ4n) is 8.13. The van der Waals surface area contributed by atoms with E-state index in [1.165, 1.54) is 0 Å². The maximum atomic E-state index is 6.76. The SMILES string of the molecule is c1cncc(-c2cccc(-c3nc(-c4ccc5c(c4)oc4ccccc45)nc(-c4ccc(-c5ccc6oc7ccccc7c6c5)c5c4oc4ccccc45)n3)c2)c1. The van der Waals surface area contributed by atoms with Crippen molar-refractivity contribution in [2.75, 3.05) is 0 Å². The van der Waals surface area contributed by atoms with Gasteiger partial charge in [-0.2, -0.15) is 0 Å². The van der Waals surface area contributed by atoms with E-state index in [1.54, 1.807) is 6.20 Å². The highest BCUT2D eigenvalue weighted by Crippen LogP contribution is 2.43. The summed E-state index contributed by atoms with van der Waals surface area (Å²) in [5.74, 6) is 1.56. The van der Waals surface area contributed by atoms with E-state index in [1.807, 2.05) is 91.1 Å². The zero-order chi connectivity index (χ0) is 37.5. The predicted molar refractivity (Wildman–Crippen MR) is 227 cm³/mol. The van der Waals surface area contributed by atoms with E-state index in [9.17, 15) is 0 Å². The van der Waals surface area contributed by atoms with Crippen molar-refractivity contribution in [1.82, 2.24) is 19.9 Å². The summed E-state index contributed by atoms with van der Waals surface area (Å²) in [6.07, 6.45) is 3.64. The molecular formula is C50H28N4O3. The highest BCUT2D eigenvalue weighted by atomic mass is 16.3. The van der Waals surface area contributed by atoms with Gasteiger partial charge in [0.05, 0.1) is 5.56 Å². The van der Waals surface area contributed by atoms with Gasteiger partial charge in [-0.15, -0.1) is 0 Å². The van der Waals surface area contributed by atoms with Crippen LogP contribution in [0.3, 0.4) is 0 Å². The Morgan fingerprint density at radius 1 is 0.333 bits per heavy atom. The Hall–Kier alpha value is -7.90. The first-order valence-corrected chi connectivity index (χ1v) is 18.8. The minimum atomic E-state index is 0.498. The fourth-order valence-corrected chi connectivity index (χ4v) is 8.13. The molecule has 0 aliphatic heterocycles. The molecule has 0 aliphatic rings.